The Hall–Kier alpha value is -2.58. The molecule has 0 bridgehead atoms. The van der Waals surface area contributed by atoms with Crippen LogP contribution in [-0.2, 0) is 26.2 Å². The lowest BCUT2D eigenvalue weighted by molar-refractivity contribution is -0.139. The Kier molecular flexibility index (Phi) is 9.53. The summed E-state index contributed by atoms with van der Waals surface area (Å²) in [7, 11) is -3.78. The highest BCUT2D eigenvalue weighted by Crippen LogP contribution is 2.26. The van der Waals surface area contributed by atoms with Gasteiger partial charge in [-0.3, -0.25) is 13.9 Å². The number of benzene rings is 2. The van der Waals surface area contributed by atoms with E-state index in [1.54, 1.807) is 43.3 Å². The van der Waals surface area contributed by atoms with Gasteiger partial charge in [0.1, 0.15) is 12.6 Å². The Bertz CT molecular complexity index is 1130. The summed E-state index contributed by atoms with van der Waals surface area (Å²) in [6, 6.07) is 11.5. The molecule has 186 valence electrons. The van der Waals surface area contributed by atoms with Crippen molar-refractivity contribution in [2.24, 2.45) is 5.92 Å². The molecule has 1 N–H and O–H groups in total. The fourth-order valence-electron chi connectivity index (χ4n) is 3.45. The maximum absolute atomic E-state index is 13.6. The quantitative estimate of drug-likeness (QED) is 0.528. The number of hydrogen-bond acceptors (Lipinski definition) is 4. The van der Waals surface area contributed by atoms with Gasteiger partial charge in [0.15, 0.2) is 0 Å². The molecule has 1 unspecified atom stereocenters. The van der Waals surface area contributed by atoms with E-state index < -0.39 is 28.5 Å². The first-order valence-corrected chi connectivity index (χ1v) is 13.4. The fourth-order valence-corrected chi connectivity index (χ4v) is 4.54. The van der Waals surface area contributed by atoms with Crippen molar-refractivity contribution >= 4 is 39.1 Å². The predicted octanol–water partition coefficient (Wildman–Crippen LogP) is 3.91. The topological polar surface area (TPSA) is 86.8 Å². The fraction of sp³-hybridized carbons (Fsp3) is 0.440. The van der Waals surface area contributed by atoms with Gasteiger partial charge in [-0.2, -0.15) is 0 Å². The highest BCUT2D eigenvalue weighted by atomic mass is 35.5. The largest absolute Gasteiger partial charge is 0.354 e. The molecule has 0 fully saturated rings. The average molecular weight is 508 g/mol. The molecule has 0 aliphatic carbocycles. The van der Waals surface area contributed by atoms with Crippen molar-refractivity contribution in [2.45, 2.75) is 47.2 Å². The molecule has 1 atom stereocenters. The number of anilines is 1. The van der Waals surface area contributed by atoms with Gasteiger partial charge in [0.25, 0.3) is 0 Å². The number of carbonyl (C=O) groups excluding carboxylic acids is 2. The van der Waals surface area contributed by atoms with Gasteiger partial charge in [-0.1, -0.05) is 55.8 Å². The normalized spacial score (nSPS) is 12.4. The molecule has 2 rings (SSSR count). The monoisotopic (exact) mass is 507 g/mol. The zero-order chi connectivity index (χ0) is 25.6. The van der Waals surface area contributed by atoms with Gasteiger partial charge >= 0.3 is 0 Å². The van der Waals surface area contributed by atoms with Crippen LogP contribution in [0.2, 0.25) is 5.02 Å². The van der Waals surface area contributed by atoms with Gasteiger partial charge in [-0.15, -0.1) is 0 Å². The molecular formula is C25H34ClN3O4S. The summed E-state index contributed by atoms with van der Waals surface area (Å²) in [5, 5.41) is 3.31. The van der Waals surface area contributed by atoms with Crippen LogP contribution >= 0.6 is 11.6 Å². The van der Waals surface area contributed by atoms with E-state index >= 15 is 0 Å². The van der Waals surface area contributed by atoms with Crippen molar-refractivity contribution in [3.8, 4) is 0 Å². The molecule has 0 heterocycles. The second-order valence-corrected chi connectivity index (χ2v) is 11.2. The van der Waals surface area contributed by atoms with Crippen LogP contribution in [0.15, 0.2) is 42.5 Å². The van der Waals surface area contributed by atoms with Crippen molar-refractivity contribution in [3.05, 3.63) is 64.2 Å². The van der Waals surface area contributed by atoms with Crippen LogP contribution in [0.4, 0.5) is 5.69 Å². The SMILES string of the molecule is Cc1cccc(N(CC(=O)N(Cc2ccccc2Cl)C(C)C(=O)NCC(C)C)S(C)(=O)=O)c1C. The summed E-state index contributed by atoms with van der Waals surface area (Å²) in [6.07, 6.45) is 1.07. The van der Waals surface area contributed by atoms with E-state index in [0.717, 1.165) is 21.7 Å². The first-order valence-electron chi connectivity index (χ1n) is 11.2. The molecule has 0 aliphatic heterocycles. The van der Waals surface area contributed by atoms with Gasteiger partial charge in [-0.25, -0.2) is 8.42 Å². The van der Waals surface area contributed by atoms with Gasteiger partial charge < -0.3 is 10.2 Å². The van der Waals surface area contributed by atoms with Crippen molar-refractivity contribution in [1.29, 1.82) is 0 Å². The molecule has 0 saturated heterocycles. The van der Waals surface area contributed by atoms with Crippen molar-refractivity contribution in [1.82, 2.24) is 10.2 Å². The Labute approximate surface area is 208 Å². The number of halogens is 1. The summed E-state index contributed by atoms with van der Waals surface area (Å²) in [6.45, 7) is 9.39. The first kappa shape index (κ1) is 27.7. The van der Waals surface area contributed by atoms with Crippen LogP contribution in [0.1, 0.15) is 37.5 Å². The number of amides is 2. The standard InChI is InChI=1S/C25H34ClN3O4S/c1-17(2)14-27-25(31)20(5)28(15-21-11-7-8-12-22(21)26)24(30)16-29(34(6,32)33)23-13-9-10-18(3)19(23)4/h7-13,17,20H,14-16H2,1-6H3,(H,27,31). The minimum absolute atomic E-state index is 0.0686. The first-order chi connectivity index (χ1) is 15.8. The molecule has 2 aromatic rings. The van der Waals surface area contributed by atoms with Crippen LogP contribution in [0.25, 0.3) is 0 Å². The van der Waals surface area contributed by atoms with Gasteiger partial charge in [0.05, 0.1) is 11.9 Å². The minimum Gasteiger partial charge on any atom is -0.354 e. The van der Waals surface area contributed by atoms with Crippen LogP contribution in [0.3, 0.4) is 0 Å². The summed E-state index contributed by atoms with van der Waals surface area (Å²) in [5.74, 6) is -0.570. The lowest BCUT2D eigenvalue weighted by Gasteiger charge is -2.32. The number of aryl methyl sites for hydroxylation is 1. The molecule has 9 heteroatoms. The maximum Gasteiger partial charge on any atom is 0.244 e. The second-order valence-electron chi connectivity index (χ2n) is 8.92. The summed E-state index contributed by atoms with van der Waals surface area (Å²) < 4.78 is 26.5. The van der Waals surface area contributed by atoms with Crippen molar-refractivity contribution < 1.29 is 18.0 Å². The van der Waals surface area contributed by atoms with E-state index in [4.69, 9.17) is 11.6 Å². The minimum atomic E-state index is -3.78. The molecule has 0 spiro atoms. The molecule has 2 aromatic carbocycles. The zero-order valence-electron chi connectivity index (χ0n) is 20.6. The zero-order valence-corrected chi connectivity index (χ0v) is 22.2. The summed E-state index contributed by atoms with van der Waals surface area (Å²) in [5.41, 5.74) is 2.78. The second kappa shape index (κ2) is 11.7. The van der Waals surface area contributed by atoms with E-state index in [1.807, 2.05) is 33.8 Å². The Morgan fingerprint density at radius 1 is 1.03 bits per heavy atom. The summed E-state index contributed by atoms with van der Waals surface area (Å²) in [4.78, 5) is 27.8. The third-order valence-corrected chi connectivity index (χ3v) is 7.17. The number of nitrogens with zero attached hydrogens (tertiary/aromatic N) is 2. The van der Waals surface area contributed by atoms with E-state index in [0.29, 0.717) is 22.8 Å². The Morgan fingerprint density at radius 2 is 1.68 bits per heavy atom. The lowest BCUT2D eigenvalue weighted by atomic mass is 10.1. The smallest absolute Gasteiger partial charge is 0.244 e. The van der Waals surface area contributed by atoms with Crippen LogP contribution in [-0.4, -0.2) is 50.5 Å². The van der Waals surface area contributed by atoms with Gasteiger partial charge in [0.2, 0.25) is 21.8 Å². The third kappa shape index (κ3) is 7.21. The summed E-state index contributed by atoms with van der Waals surface area (Å²) >= 11 is 6.33. The number of sulfonamides is 1. The molecule has 0 aliphatic rings. The van der Waals surface area contributed by atoms with Crippen LogP contribution in [0, 0.1) is 19.8 Å². The molecule has 0 saturated carbocycles. The van der Waals surface area contributed by atoms with Gasteiger partial charge in [0, 0.05) is 18.1 Å². The predicted molar refractivity (Wildman–Crippen MR) is 137 cm³/mol. The average Bonchev–Trinajstić information content (AvgIpc) is 2.76. The highest BCUT2D eigenvalue weighted by molar-refractivity contribution is 7.92. The van der Waals surface area contributed by atoms with E-state index in [1.165, 1.54) is 4.90 Å². The van der Waals surface area contributed by atoms with E-state index in [9.17, 15) is 18.0 Å². The number of carbonyl (C=O) groups is 2. The van der Waals surface area contributed by atoms with E-state index in [2.05, 4.69) is 5.32 Å². The number of nitrogens with one attached hydrogen (secondary N) is 1. The Morgan fingerprint density at radius 3 is 2.26 bits per heavy atom. The van der Waals surface area contributed by atoms with Crippen molar-refractivity contribution in [3.63, 3.8) is 0 Å². The number of rotatable bonds is 10. The molecular weight excluding hydrogens is 474 g/mol. The van der Waals surface area contributed by atoms with E-state index in [-0.39, 0.29) is 18.4 Å². The van der Waals surface area contributed by atoms with Gasteiger partial charge in [-0.05, 0) is 55.5 Å². The highest BCUT2D eigenvalue weighted by Gasteiger charge is 2.31. The molecule has 2 amide bonds. The van der Waals surface area contributed by atoms with Crippen LogP contribution < -0.4 is 9.62 Å². The molecule has 34 heavy (non-hydrogen) atoms. The van der Waals surface area contributed by atoms with Crippen LogP contribution in [0.5, 0.6) is 0 Å². The third-order valence-electron chi connectivity index (χ3n) is 5.67. The van der Waals surface area contributed by atoms with Crippen molar-refractivity contribution in [2.75, 3.05) is 23.7 Å². The lowest BCUT2D eigenvalue weighted by Crippen LogP contribution is -2.51. The molecule has 0 aromatic heterocycles. The molecule has 7 nitrogen and oxygen atoms in total. The Balaban J connectivity index is 2.43. The number of hydrogen-bond donors (Lipinski definition) is 1. The maximum atomic E-state index is 13.6. The molecule has 0 radical (unpaired) electrons.